The number of hydrogen-bond acceptors (Lipinski definition) is 11. The zero-order valence-corrected chi connectivity index (χ0v) is 36.3. The summed E-state index contributed by atoms with van der Waals surface area (Å²) in [6.45, 7) is 18.5. The quantitative estimate of drug-likeness (QED) is 0.0681. The number of aryl methyl sites for hydroxylation is 6. The number of carbonyl (C=O) groups is 3. The maximum absolute atomic E-state index is 11.4. The number of benzene rings is 4. The molecule has 0 aliphatic heterocycles. The van der Waals surface area contributed by atoms with Gasteiger partial charge in [-0.2, -0.15) is 0 Å². The van der Waals surface area contributed by atoms with Crippen molar-refractivity contribution < 1.29 is 23.9 Å². The van der Waals surface area contributed by atoms with Crippen molar-refractivity contribution in [2.75, 3.05) is 24.3 Å². The molecule has 0 aliphatic rings. The predicted molar refractivity (Wildman–Crippen MR) is 246 cm³/mol. The first kappa shape index (κ1) is 47.6. The van der Waals surface area contributed by atoms with E-state index in [0.717, 1.165) is 75.3 Å². The van der Waals surface area contributed by atoms with E-state index in [2.05, 4.69) is 58.0 Å². The predicted octanol–water partition coefficient (Wildman–Crippen LogP) is 8.02. The monoisotopic (exact) mass is 848 g/mol. The van der Waals surface area contributed by atoms with Crippen molar-refractivity contribution in [3.05, 3.63) is 160 Å². The first-order valence-corrected chi connectivity index (χ1v) is 20.0. The molecule has 3 heterocycles. The number of aldehydes is 1. The number of nitrogens with zero attached hydrogens (tertiary/aromatic N) is 6. The summed E-state index contributed by atoms with van der Waals surface area (Å²) in [7, 11) is 0. The molecule has 15 heteroatoms. The van der Waals surface area contributed by atoms with Crippen LogP contribution in [0, 0.1) is 34.3 Å². The average Bonchev–Trinajstić information content (AvgIpc) is 3.64. The molecule has 0 radical (unpaired) electrons. The Morgan fingerprint density at radius 1 is 0.730 bits per heavy atom. The molecule has 324 valence electrons. The number of rotatable bonds is 12. The van der Waals surface area contributed by atoms with Crippen molar-refractivity contribution in [1.29, 1.82) is 0 Å². The fraction of sp³-hybridized carbons (Fsp3) is 0.208. The Balaban J connectivity index is 0.000000223. The number of amides is 2. The molecule has 3 aromatic heterocycles. The number of nitrogens with two attached hydrogens (primary N) is 3. The van der Waals surface area contributed by atoms with E-state index < -0.39 is 11.8 Å². The highest BCUT2D eigenvalue weighted by molar-refractivity contribution is 5.86. The minimum Gasteiger partial charge on any atom is -0.483 e. The summed E-state index contributed by atoms with van der Waals surface area (Å²) in [5.41, 5.74) is 25.6. The molecule has 7 N–H and O–H groups in total. The van der Waals surface area contributed by atoms with Crippen LogP contribution in [0.15, 0.2) is 110 Å². The van der Waals surface area contributed by atoms with Crippen LogP contribution < -0.4 is 32.0 Å². The Hall–Kier alpha value is -8.12. The molecule has 0 bridgehead atoms. The number of fused-ring (bicyclic) bond motifs is 1. The summed E-state index contributed by atoms with van der Waals surface area (Å²) in [5, 5.41) is 3.59. The van der Waals surface area contributed by atoms with Gasteiger partial charge in [0.15, 0.2) is 25.2 Å². The van der Waals surface area contributed by atoms with Gasteiger partial charge in [0.2, 0.25) is 11.7 Å². The lowest BCUT2D eigenvalue weighted by atomic mass is 10.0. The number of para-hydroxylation sites is 2. The topological polar surface area (TPSA) is 220 Å². The van der Waals surface area contributed by atoms with Crippen LogP contribution in [0.4, 0.5) is 23.1 Å². The lowest BCUT2D eigenvalue weighted by Gasteiger charge is -2.17. The van der Waals surface area contributed by atoms with Crippen molar-refractivity contribution in [2.24, 2.45) is 11.5 Å². The molecule has 2 amide bonds. The van der Waals surface area contributed by atoms with Gasteiger partial charge < -0.3 is 32.0 Å². The Labute approximate surface area is 367 Å². The molecular weight excluding hydrogens is 797 g/mol. The number of aromatic nitrogens is 5. The Morgan fingerprint density at radius 3 is 1.76 bits per heavy atom. The van der Waals surface area contributed by atoms with E-state index in [4.69, 9.17) is 38.2 Å². The van der Waals surface area contributed by atoms with E-state index in [1.54, 1.807) is 36.8 Å². The Kier molecular flexibility index (Phi) is 17.8. The summed E-state index contributed by atoms with van der Waals surface area (Å²) in [5.74, 6) is 1.55. The van der Waals surface area contributed by atoms with Crippen LogP contribution in [0.1, 0.15) is 57.6 Å². The SMILES string of the molecule is CCc1cccc(OCC(N)=O)c1-c1nc2ncccn2c1Nc1c(C)cccc1C.CCc1cccc(OCC(N)=O)c1C=O.Nc1ncccn1.[C-]#[N+]c1c(C)cccc1C. The number of anilines is 3. The van der Waals surface area contributed by atoms with Crippen LogP contribution in [0.25, 0.3) is 21.9 Å². The molecule has 0 saturated carbocycles. The molecule has 4 aromatic carbocycles. The molecular formula is C48H52N10O5. The van der Waals surface area contributed by atoms with Crippen molar-refractivity contribution in [2.45, 2.75) is 54.4 Å². The van der Waals surface area contributed by atoms with E-state index >= 15 is 0 Å². The van der Waals surface area contributed by atoms with Gasteiger partial charge in [0.25, 0.3) is 11.8 Å². The lowest BCUT2D eigenvalue weighted by molar-refractivity contribution is -0.120. The van der Waals surface area contributed by atoms with Crippen LogP contribution in [-0.2, 0) is 22.4 Å². The highest BCUT2D eigenvalue weighted by Gasteiger charge is 2.22. The number of hydrogen-bond donors (Lipinski definition) is 4. The number of nitrogens with one attached hydrogen (secondary N) is 1. The van der Waals surface area contributed by atoms with E-state index in [1.165, 1.54) is 0 Å². The van der Waals surface area contributed by atoms with Crippen LogP contribution in [0.3, 0.4) is 0 Å². The average molecular weight is 849 g/mol. The van der Waals surface area contributed by atoms with Gasteiger partial charge >= 0.3 is 0 Å². The summed E-state index contributed by atoms with van der Waals surface area (Å²) in [6.07, 6.45) is 9.08. The fourth-order valence-electron chi connectivity index (χ4n) is 6.32. The van der Waals surface area contributed by atoms with Crippen molar-refractivity contribution in [3.8, 4) is 22.8 Å². The fourth-order valence-corrected chi connectivity index (χ4v) is 6.32. The summed E-state index contributed by atoms with van der Waals surface area (Å²) >= 11 is 0. The van der Waals surface area contributed by atoms with E-state index in [-0.39, 0.29) is 13.2 Å². The maximum Gasteiger partial charge on any atom is 0.255 e. The van der Waals surface area contributed by atoms with E-state index in [0.29, 0.717) is 34.5 Å². The minimum atomic E-state index is -0.561. The summed E-state index contributed by atoms with van der Waals surface area (Å²) < 4.78 is 12.8. The van der Waals surface area contributed by atoms with Gasteiger partial charge in [-0.15, -0.1) is 0 Å². The van der Waals surface area contributed by atoms with Crippen LogP contribution >= 0.6 is 0 Å². The van der Waals surface area contributed by atoms with Crippen LogP contribution in [0.5, 0.6) is 11.5 Å². The largest absolute Gasteiger partial charge is 0.483 e. The van der Waals surface area contributed by atoms with Gasteiger partial charge in [-0.25, -0.2) is 24.8 Å². The van der Waals surface area contributed by atoms with E-state index in [9.17, 15) is 14.4 Å². The first-order valence-electron chi connectivity index (χ1n) is 20.0. The number of imidazole rings is 1. The molecule has 7 aromatic rings. The molecule has 0 fully saturated rings. The molecule has 15 nitrogen and oxygen atoms in total. The normalized spacial score (nSPS) is 10.0. The zero-order chi connectivity index (χ0) is 45.9. The second-order valence-corrected chi connectivity index (χ2v) is 13.9. The highest BCUT2D eigenvalue weighted by Crippen LogP contribution is 2.40. The second kappa shape index (κ2) is 23.6. The van der Waals surface area contributed by atoms with Crippen molar-refractivity contribution in [1.82, 2.24) is 24.3 Å². The van der Waals surface area contributed by atoms with Gasteiger partial charge in [-0.05, 0) is 98.2 Å². The second-order valence-electron chi connectivity index (χ2n) is 13.9. The van der Waals surface area contributed by atoms with Crippen LogP contribution in [-0.4, -0.2) is 55.7 Å². The van der Waals surface area contributed by atoms with Crippen molar-refractivity contribution in [3.63, 3.8) is 0 Å². The molecule has 0 spiro atoms. The third-order valence-electron chi connectivity index (χ3n) is 9.39. The Morgan fingerprint density at radius 2 is 1.25 bits per heavy atom. The van der Waals surface area contributed by atoms with Gasteiger partial charge in [0, 0.05) is 36.0 Å². The standard InChI is InChI=1S/C24H25N5O2.C11H13NO3.C9H9N.C4H5N3/c1-4-17-10-6-11-18(31-14-19(25)30)20(17)22-23(29-13-7-12-26-24(29)28-22)27-21-15(2)8-5-9-16(21)3;1-2-8-4-3-5-10(9(8)6-13)15-7-11(12)14;1-7-5-4-6-8(2)9(7)10-3;5-4-6-2-1-3-7-4/h5-13,27H,4,14H2,1-3H3,(H2,25,30);3-6H,2,7H2,1H3,(H2,12,14);4-6H,1-2H3;1-3H,(H2,5,6,7). The maximum atomic E-state index is 11.4. The summed E-state index contributed by atoms with van der Waals surface area (Å²) in [6, 6.07) is 26.7. The molecule has 0 atom stereocenters. The Bertz CT molecular complexity index is 2650. The highest BCUT2D eigenvalue weighted by atomic mass is 16.5. The third-order valence-corrected chi connectivity index (χ3v) is 9.39. The molecule has 63 heavy (non-hydrogen) atoms. The third kappa shape index (κ3) is 13.2. The smallest absolute Gasteiger partial charge is 0.255 e. The molecule has 0 aliphatic carbocycles. The van der Waals surface area contributed by atoms with E-state index in [1.807, 2.05) is 86.0 Å². The number of ether oxygens (including phenoxy) is 2. The summed E-state index contributed by atoms with van der Waals surface area (Å²) in [4.78, 5) is 52.7. The number of primary amides is 2. The van der Waals surface area contributed by atoms with Gasteiger partial charge in [0.05, 0.1) is 12.1 Å². The first-order chi connectivity index (χ1) is 30.3. The molecule has 0 saturated heterocycles. The van der Waals surface area contributed by atoms with Gasteiger partial charge in [0.1, 0.15) is 23.0 Å². The molecule has 7 rings (SSSR count). The van der Waals surface area contributed by atoms with Crippen molar-refractivity contribution >= 4 is 47.0 Å². The number of nitrogen functional groups attached to an aromatic ring is 1. The minimum absolute atomic E-state index is 0.203. The zero-order valence-electron chi connectivity index (χ0n) is 36.3. The van der Waals surface area contributed by atoms with Crippen LogP contribution in [0.2, 0.25) is 0 Å². The molecule has 0 unspecified atom stereocenters. The van der Waals surface area contributed by atoms with Gasteiger partial charge in [-0.3, -0.25) is 18.8 Å². The number of carbonyl (C=O) groups excluding carboxylic acids is 3. The van der Waals surface area contributed by atoms with Gasteiger partial charge in [-0.1, -0.05) is 74.5 Å². The lowest BCUT2D eigenvalue weighted by Crippen LogP contribution is -2.20.